The lowest BCUT2D eigenvalue weighted by atomic mass is 10.3. The van der Waals surface area contributed by atoms with E-state index in [4.69, 9.17) is 23.2 Å². The minimum absolute atomic E-state index is 0.521. The normalized spacial score (nSPS) is 11.2. The van der Waals surface area contributed by atoms with E-state index in [0.29, 0.717) is 26.6 Å². The van der Waals surface area contributed by atoms with E-state index in [0.717, 1.165) is 11.4 Å². The maximum atomic E-state index is 6.17. The van der Waals surface area contributed by atoms with Gasteiger partial charge in [0.05, 0.1) is 21.4 Å². The van der Waals surface area contributed by atoms with Crippen LogP contribution in [0.15, 0.2) is 53.9 Å². The monoisotopic (exact) mass is 376 g/mol. The van der Waals surface area contributed by atoms with Crippen LogP contribution in [0.4, 0.5) is 0 Å². The van der Waals surface area contributed by atoms with E-state index < -0.39 is 0 Å². The lowest BCUT2D eigenvalue weighted by Gasteiger charge is -2.02. The van der Waals surface area contributed by atoms with Crippen LogP contribution in [0.1, 0.15) is 5.69 Å². The topological polar surface area (TPSA) is 60.9 Å². The van der Waals surface area contributed by atoms with Crippen LogP contribution >= 0.6 is 35.0 Å². The first-order valence-electron chi connectivity index (χ1n) is 7.00. The molecule has 0 saturated carbocycles. The van der Waals surface area contributed by atoms with Crippen LogP contribution in [0.25, 0.3) is 11.3 Å². The molecule has 0 N–H and O–H groups in total. The highest BCUT2D eigenvalue weighted by Crippen LogP contribution is 2.25. The summed E-state index contributed by atoms with van der Waals surface area (Å²) in [5, 5.41) is 13.7. The van der Waals surface area contributed by atoms with Crippen molar-refractivity contribution in [3.63, 3.8) is 0 Å². The van der Waals surface area contributed by atoms with Crippen molar-refractivity contribution < 1.29 is 0 Å². The van der Waals surface area contributed by atoms with Gasteiger partial charge in [0.25, 0.3) is 0 Å². The Morgan fingerprint density at radius 2 is 1.92 bits per heavy atom. The second kappa shape index (κ2) is 6.43. The third kappa shape index (κ3) is 2.98. The highest BCUT2D eigenvalue weighted by Gasteiger charge is 2.11. The number of hydrogen-bond acceptors (Lipinski definition) is 5. The summed E-state index contributed by atoms with van der Waals surface area (Å²) in [5.41, 5.74) is 2.46. The van der Waals surface area contributed by atoms with Gasteiger partial charge in [-0.05, 0) is 28.6 Å². The zero-order valence-corrected chi connectivity index (χ0v) is 14.5. The first-order valence-corrected chi connectivity index (χ1v) is 8.74. The van der Waals surface area contributed by atoms with Crippen molar-refractivity contribution in [3.8, 4) is 5.69 Å². The summed E-state index contributed by atoms with van der Waals surface area (Å²) in [6, 6.07) is 11.4. The Labute approximate surface area is 151 Å². The van der Waals surface area contributed by atoms with Gasteiger partial charge in [-0.1, -0.05) is 53.2 Å². The fourth-order valence-electron chi connectivity index (χ4n) is 2.28. The van der Waals surface area contributed by atoms with E-state index in [1.807, 2.05) is 40.9 Å². The molecule has 9 heteroatoms. The number of para-hydroxylation sites is 1. The molecule has 0 fully saturated rings. The van der Waals surface area contributed by atoms with E-state index in [9.17, 15) is 0 Å². The van der Waals surface area contributed by atoms with Gasteiger partial charge in [-0.2, -0.15) is 4.68 Å². The summed E-state index contributed by atoms with van der Waals surface area (Å²) >= 11 is 13.7. The van der Waals surface area contributed by atoms with E-state index in [1.54, 1.807) is 16.9 Å². The average molecular weight is 377 g/mol. The molecule has 0 aliphatic carbocycles. The molecule has 24 heavy (non-hydrogen) atoms. The Kier molecular flexibility index (Phi) is 4.13. The third-order valence-corrected chi connectivity index (χ3v) is 4.75. The molecule has 4 aromatic rings. The zero-order valence-electron chi connectivity index (χ0n) is 12.2. The van der Waals surface area contributed by atoms with Crippen molar-refractivity contribution in [3.05, 3.63) is 64.5 Å². The fraction of sp³-hybridized carbons (Fsp3) is 0.0667. The van der Waals surface area contributed by atoms with Crippen molar-refractivity contribution >= 4 is 40.6 Å². The number of rotatable bonds is 4. The molecule has 0 aliphatic heterocycles. The van der Waals surface area contributed by atoms with Crippen LogP contribution in [0.3, 0.4) is 0 Å². The van der Waals surface area contributed by atoms with Gasteiger partial charge in [0.2, 0.25) is 5.16 Å². The molecule has 6 nitrogen and oxygen atoms in total. The quantitative estimate of drug-likeness (QED) is 0.505. The molecular formula is C15H10Cl2N6S. The standard InChI is InChI=1S/C15H10Cl2N6S/c16-10-6-13(17)14-18-11(8-22(14)7-10)9-24-15-19-20-21-23(15)12-4-2-1-3-5-12/h1-8H,9H2. The first kappa shape index (κ1) is 15.4. The molecule has 3 aromatic heterocycles. The summed E-state index contributed by atoms with van der Waals surface area (Å²) in [6.07, 6.45) is 3.68. The third-order valence-electron chi connectivity index (χ3n) is 3.31. The Hall–Kier alpha value is -2.09. The number of benzene rings is 1. The van der Waals surface area contributed by atoms with Gasteiger partial charge >= 0.3 is 0 Å². The maximum absolute atomic E-state index is 6.17. The summed E-state index contributed by atoms with van der Waals surface area (Å²) in [4.78, 5) is 4.53. The minimum atomic E-state index is 0.521. The van der Waals surface area contributed by atoms with Crippen molar-refractivity contribution in [2.24, 2.45) is 0 Å². The predicted molar refractivity (Wildman–Crippen MR) is 93.9 cm³/mol. The largest absolute Gasteiger partial charge is 0.304 e. The highest BCUT2D eigenvalue weighted by molar-refractivity contribution is 7.98. The summed E-state index contributed by atoms with van der Waals surface area (Å²) in [5.74, 6) is 0.614. The fourth-order valence-corrected chi connectivity index (χ4v) is 3.59. The van der Waals surface area contributed by atoms with E-state index >= 15 is 0 Å². The SMILES string of the molecule is Clc1cc(Cl)c2nc(CSc3nnnn3-c3ccccc3)cn2c1. The van der Waals surface area contributed by atoms with Crippen molar-refractivity contribution in [1.82, 2.24) is 29.6 Å². The molecule has 0 atom stereocenters. The van der Waals surface area contributed by atoms with Gasteiger partial charge in [0.1, 0.15) is 0 Å². The molecule has 4 rings (SSSR count). The van der Waals surface area contributed by atoms with E-state index in [-0.39, 0.29) is 0 Å². The molecule has 120 valence electrons. The molecule has 0 aliphatic rings. The number of pyridine rings is 1. The lowest BCUT2D eigenvalue weighted by Crippen LogP contribution is -1.98. The molecule has 0 spiro atoms. The van der Waals surface area contributed by atoms with Crippen molar-refractivity contribution in [2.45, 2.75) is 10.9 Å². The molecule has 3 heterocycles. The molecule has 0 radical (unpaired) electrons. The Morgan fingerprint density at radius 1 is 1.08 bits per heavy atom. The highest BCUT2D eigenvalue weighted by atomic mass is 35.5. The second-order valence-corrected chi connectivity index (χ2v) is 6.75. The summed E-state index contributed by atoms with van der Waals surface area (Å²) < 4.78 is 3.52. The van der Waals surface area contributed by atoms with Crippen LogP contribution in [-0.2, 0) is 5.75 Å². The number of tetrazole rings is 1. The van der Waals surface area contributed by atoms with Gasteiger partial charge in [-0.3, -0.25) is 0 Å². The van der Waals surface area contributed by atoms with Gasteiger partial charge in [-0.25, -0.2) is 4.98 Å². The van der Waals surface area contributed by atoms with Crippen LogP contribution in [0.5, 0.6) is 0 Å². The molecule has 0 bridgehead atoms. The number of thioether (sulfide) groups is 1. The molecule has 0 saturated heterocycles. The van der Waals surface area contributed by atoms with E-state index in [2.05, 4.69) is 20.5 Å². The van der Waals surface area contributed by atoms with Gasteiger partial charge < -0.3 is 4.40 Å². The van der Waals surface area contributed by atoms with E-state index in [1.165, 1.54) is 11.8 Å². The second-order valence-electron chi connectivity index (χ2n) is 4.97. The Balaban J connectivity index is 1.58. The van der Waals surface area contributed by atoms with Gasteiger partial charge in [0, 0.05) is 18.1 Å². The molecule has 1 aromatic carbocycles. The molecule has 0 unspecified atom stereocenters. The summed E-state index contributed by atoms with van der Waals surface area (Å²) in [7, 11) is 0. The van der Waals surface area contributed by atoms with Gasteiger partial charge in [-0.15, -0.1) is 5.10 Å². The predicted octanol–water partition coefficient (Wildman–Crippen LogP) is 3.91. The zero-order chi connectivity index (χ0) is 16.5. The lowest BCUT2D eigenvalue weighted by molar-refractivity contribution is 0.756. The number of fused-ring (bicyclic) bond motifs is 1. The van der Waals surface area contributed by atoms with Crippen LogP contribution < -0.4 is 0 Å². The number of hydrogen-bond donors (Lipinski definition) is 0. The minimum Gasteiger partial charge on any atom is -0.304 e. The van der Waals surface area contributed by atoms with Crippen LogP contribution in [0, 0.1) is 0 Å². The average Bonchev–Trinajstić information content (AvgIpc) is 3.20. The summed E-state index contributed by atoms with van der Waals surface area (Å²) in [6.45, 7) is 0. The van der Waals surface area contributed by atoms with Crippen molar-refractivity contribution in [1.29, 1.82) is 0 Å². The van der Waals surface area contributed by atoms with Crippen LogP contribution in [-0.4, -0.2) is 29.6 Å². The Morgan fingerprint density at radius 3 is 2.75 bits per heavy atom. The molecular weight excluding hydrogens is 367 g/mol. The Bertz CT molecular complexity index is 998. The molecule has 0 amide bonds. The van der Waals surface area contributed by atoms with Crippen molar-refractivity contribution in [2.75, 3.05) is 0 Å². The maximum Gasteiger partial charge on any atom is 0.214 e. The number of aromatic nitrogens is 6. The van der Waals surface area contributed by atoms with Gasteiger partial charge in [0.15, 0.2) is 5.65 Å². The first-order chi connectivity index (χ1) is 11.7. The number of nitrogens with zero attached hydrogens (tertiary/aromatic N) is 6. The smallest absolute Gasteiger partial charge is 0.214 e. The number of imidazole rings is 1. The number of halogens is 2. The van der Waals surface area contributed by atoms with Crippen LogP contribution in [0.2, 0.25) is 10.0 Å².